The highest BCUT2D eigenvalue weighted by molar-refractivity contribution is 7.98. The normalized spacial score (nSPS) is 36.0. The lowest BCUT2D eigenvalue weighted by Crippen LogP contribution is -2.33. The molecule has 0 bridgehead atoms. The van der Waals surface area contributed by atoms with E-state index in [1.807, 2.05) is 0 Å². The molecule has 2 aliphatic rings. The van der Waals surface area contributed by atoms with Crippen molar-refractivity contribution in [2.75, 3.05) is 23.0 Å². The summed E-state index contributed by atoms with van der Waals surface area (Å²) in [5.41, 5.74) is 0. The second-order valence-electron chi connectivity index (χ2n) is 4.64. The molecule has 0 saturated carbocycles. The summed E-state index contributed by atoms with van der Waals surface area (Å²) in [6.45, 7) is 0. The molecule has 0 N–H and O–H groups in total. The van der Waals surface area contributed by atoms with Gasteiger partial charge in [0.1, 0.15) is 0 Å². The van der Waals surface area contributed by atoms with Crippen LogP contribution in [0.15, 0.2) is 0 Å². The lowest BCUT2D eigenvalue weighted by atomic mass is 10.4. The topological polar surface area (TPSA) is 102 Å². The molecular formula is C8H14O6S3. The molecular weight excluding hydrogens is 288 g/mol. The Bertz CT molecular complexity index is 562. The highest BCUT2D eigenvalue weighted by atomic mass is 32.2. The molecule has 0 spiro atoms. The Morgan fingerprint density at radius 3 is 1.35 bits per heavy atom. The molecule has 0 amide bonds. The van der Waals surface area contributed by atoms with Crippen LogP contribution < -0.4 is 0 Å². The fourth-order valence-electron chi connectivity index (χ4n) is 2.31. The molecule has 100 valence electrons. The van der Waals surface area contributed by atoms with Crippen molar-refractivity contribution in [2.45, 2.75) is 23.3 Å². The van der Waals surface area contributed by atoms with Crippen LogP contribution in [-0.2, 0) is 29.5 Å². The second kappa shape index (κ2) is 3.92. The van der Waals surface area contributed by atoms with Gasteiger partial charge in [0.2, 0.25) is 0 Å². The molecule has 0 unspecified atom stereocenters. The van der Waals surface area contributed by atoms with Crippen molar-refractivity contribution < 1.29 is 25.3 Å². The fraction of sp³-hybridized carbons (Fsp3) is 1.00. The minimum atomic E-state index is -3.64. The Morgan fingerprint density at radius 1 is 0.765 bits per heavy atom. The van der Waals surface area contributed by atoms with E-state index in [0.717, 1.165) is 0 Å². The summed E-state index contributed by atoms with van der Waals surface area (Å²) in [6, 6.07) is 0. The Morgan fingerprint density at radius 2 is 1.12 bits per heavy atom. The van der Waals surface area contributed by atoms with Gasteiger partial charge < -0.3 is 0 Å². The molecule has 6 nitrogen and oxygen atoms in total. The number of rotatable bonds is 2. The van der Waals surface area contributed by atoms with Gasteiger partial charge in [-0.2, -0.15) is 0 Å². The van der Waals surface area contributed by atoms with Crippen molar-refractivity contribution in [3.63, 3.8) is 0 Å². The zero-order chi connectivity index (χ0) is 12.9. The molecule has 2 saturated heterocycles. The monoisotopic (exact) mass is 302 g/mol. The standard InChI is InChI=1S/C8H14O6S3/c9-15(10)3-1-7(5-15)17(13,14)8-2-4-16(11,12)6-8/h7-8H,1-6H2/t7-,8+. The fourth-order valence-corrected chi connectivity index (χ4v) is 9.90. The van der Waals surface area contributed by atoms with Crippen molar-refractivity contribution in [1.29, 1.82) is 0 Å². The van der Waals surface area contributed by atoms with Crippen LogP contribution >= 0.6 is 0 Å². The minimum absolute atomic E-state index is 0.0984. The first-order chi connectivity index (χ1) is 7.62. The van der Waals surface area contributed by atoms with E-state index in [0.29, 0.717) is 0 Å². The highest BCUT2D eigenvalue weighted by Crippen LogP contribution is 2.28. The SMILES string of the molecule is O=S1(=O)CC[C@@H](S(=O)(=O)[C@H]2CCS(=O)(=O)C2)C1. The largest absolute Gasteiger partial charge is 0.229 e. The van der Waals surface area contributed by atoms with Crippen molar-refractivity contribution in [1.82, 2.24) is 0 Å². The molecule has 2 rings (SSSR count). The predicted octanol–water partition coefficient (Wildman–Crippen LogP) is -1.22. The van der Waals surface area contributed by atoms with Crippen LogP contribution in [0.5, 0.6) is 0 Å². The van der Waals surface area contributed by atoms with E-state index in [2.05, 4.69) is 0 Å². The summed E-state index contributed by atoms with van der Waals surface area (Å²) in [5.74, 6) is -0.940. The van der Waals surface area contributed by atoms with E-state index >= 15 is 0 Å². The van der Waals surface area contributed by atoms with Crippen molar-refractivity contribution in [3.8, 4) is 0 Å². The highest BCUT2D eigenvalue weighted by Gasteiger charge is 2.45. The van der Waals surface area contributed by atoms with E-state index in [-0.39, 0.29) is 35.9 Å². The van der Waals surface area contributed by atoms with E-state index in [1.165, 1.54) is 0 Å². The molecule has 0 aliphatic carbocycles. The molecule has 0 aromatic rings. The van der Waals surface area contributed by atoms with E-state index in [9.17, 15) is 25.3 Å². The van der Waals surface area contributed by atoms with Gasteiger partial charge in [0, 0.05) is 0 Å². The maximum Gasteiger partial charge on any atom is 0.158 e. The maximum absolute atomic E-state index is 12.1. The van der Waals surface area contributed by atoms with Crippen molar-refractivity contribution in [3.05, 3.63) is 0 Å². The number of hydrogen-bond donors (Lipinski definition) is 0. The van der Waals surface area contributed by atoms with Crippen molar-refractivity contribution >= 4 is 29.5 Å². The molecule has 2 aliphatic heterocycles. The average Bonchev–Trinajstić information content (AvgIpc) is 2.69. The smallest absolute Gasteiger partial charge is 0.158 e. The van der Waals surface area contributed by atoms with Gasteiger partial charge in [-0.15, -0.1) is 0 Å². The van der Waals surface area contributed by atoms with Gasteiger partial charge in [0.25, 0.3) is 0 Å². The lowest BCUT2D eigenvalue weighted by Gasteiger charge is -2.14. The Hall–Kier alpha value is -0.150. The predicted molar refractivity (Wildman–Crippen MR) is 63.0 cm³/mol. The lowest BCUT2D eigenvalue weighted by molar-refractivity contribution is 0.569. The van der Waals surface area contributed by atoms with Gasteiger partial charge in [0.05, 0.1) is 33.5 Å². The maximum atomic E-state index is 12.1. The van der Waals surface area contributed by atoms with Crippen molar-refractivity contribution in [2.24, 2.45) is 0 Å². The third-order valence-electron chi connectivity index (χ3n) is 3.31. The zero-order valence-corrected chi connectivity index (χ0v) is 11.5. The third-order valence-corrected chi connectivity index (χ3v) is 9.93. The van der Waals surface area contributed by atoms with Gasteiger partial charge in [-0.1, -0.05) is 0 Å². The molecule has 9 heteroatoms. The van der Waals surface area contributed by atoms with Crippen LogP contribution in [0.2, 0.25) is 0 Å². The molecule has 2 heterocycles. The molecule has 0 radical (unpaired) electrons. The van der Waals surface area contributed by atoms with Gasteiger partial charge in [-0.05, 0) is 12.8 Å². The molecule has 0 aromatic heterocycles. The van der Waals surface area contributed by atoms with Gasteiger partial charge in [-0.3, -0.25) is 0 Å². The third kappa shape index (κ3) is 2.65. The summed E-state index contributed by atoms with van der Waals surface area (Å²) < 4.78 is 69.2. The Balaban J connectivity index is 2.22. The van der Waals surface area contributed by atoms with E-state index in [4.69, 9.17) is 0 Å². The summed E-state index contributed by atoms with van der Waals surface area (Å²) in [6.07, 6.45) is 0.197. The van der Waals surface area contributed by atoms with E-state index < -0.39 is 40.0 Å². The van der Waals surface area contributed by atoms with Gasteiger partial charge in [-0.25, -0.2) is 25.3 Å². The van der Waals surface area contributed by atoms with Crippen LogP contribution in [0.4, 0.5) is 0 Å². The summed E-state index contributed by atoms with van der Waals surface area (Å²) in [5, 5.41) is -1.82. The first kappa shape index (κ1) is 13.3. The van der Waals surface area contributed by atoms with E-state index in [1.54, 1.807) is 0 Å². The molecule has 0 aromatic carbocycles. The minimum Gasteiger partial charge on any atom is -0.229 e. The van der Waals surface area contributed by atoms with Gasteiger partial charge >= 0.3 is 0 Å². The summed E-state index contributed by atoms with van der Waals surface area (Å²) in [4.78, 5) is 0. The zero-order valence-electron chi connectivity index (χ0n) is 9.07. The van der Waals surface area contributed by atoms with Crippen LogP contribution in [0.3, 0.4) is 0 Å². The molecule has 2 atom stereocenters. The number of hydrogen-bond acceptors (Lipinski definition) is 6. The molecule has 2 fully saturated rings. The second-order valence-corrected chi connectivity index (χ2v) is 11.6. The average molecular weight is 302 g/mol. The van der Waals surface area contributed by atoms with Crippen LogP contribution in [0.1, 0.15) is 12.8 Å². The number of sulfone groups is 3. The first-order valence-corrected chi connectivity index (χ1v) is 10.5. The summed E-state index contributed by atoms with van der Waals surface area (Å²) in [7, 11) is -10.2. The summed E-state index contributed by atoms with van der Waals surface area (Å²) >= 11 is 0. The Labute approximate surface area is 101 Å². The van der Waals surface area contributed by atoms with Crippen LogP contribution in [0, 0.1) is 0 Å². The van der Waals surface area contributed by atoms with Crippen LogP contribution in [0.25, 0.3) is 0 Å². The van der Waals surface area contributed by atoms with Crippen LogP contribution in [-0.4, -0.2) is 58.8 Å². The quantitative estimate of drug-likeness (QED) is 0.633. The first-order valence-electron chi connectivity index (χ1n) is 5.26. The Kier molecular flexibility index (Phi) is 3.07. The molecule has 17 heavy (non-hydrogen) atoms. The van der Waals surface area contributed by atoms with Gasteiger partial charge in [0.15, 0.2) is 29.5 Å².